The average molecular weight is 245 g/mol. The van der Waals surface area contributed by atoms with Crippen LogP contribution in [-0.4, -0.2) is 37.1 Å². The number of nitrogens with one attached hydrogen (secondary N) is 1. The smallest absolute Gasteiger partial charge is 0.317 e. The van der Waals surface area contributed by atoms with E-state index >= 15 is 0 Å². The lowest BCUT2D eigenvalue weighted by atomic mass is 10.2. The molecule has 0 aromatic heterocycles. The van der Waals surface area contributed by atoms with Crippen molar-refractivity contribution >= 4 is 11.7 Å². The van der Waals surface area contributed by atoms with Gasteiger partial charge in [0.15, 0.2) is 0 Å². The number of amides is 2. The fourth-order valence-electron chi connectivity index (χ4n) is 2.67. The first-order chi connectivity index (χ1) is 8.83. The Hall–Kier alpha value is -1.71. The van der Waals surface area contributed by atoms with Crippen LogP contribution in [0.3, 0.4) is 0 Å². The van der Waals surface area contributed by atoms with Crippen molar-refractivity contribution < 1.29 is 4.79 Å². The van der Waals surface area contributed by atoms with E-state index in [-0.39, 0.29) is 6.03 Å². The van der Waals surface area contributed by atoms with Gasteiger partial charge in [0.1, 0.15) is 0 Å². The molecular weight excluding hydrogens is 226 g/mol. The van der Waals surface area contributed by atoms with E-state index in [1.165, 1.54) is 37.2 Å². The highest BCUT2D eigenvalue weighted by molar-refractivity contribution is 5.76. The van der Waals surface area contributed by atoms with Gasteiger partial charge in [-0.2, -0.15) is 0 Å². The van der Waals surface area contributed by atoms with Crippen LogP contribution in [0, 0.1) is 0 Å². The summed E-state index contributed by atoms with van der Waals surface area (Å²) in [4.78, 5) is 15.7. The minimum absolute atomic E-state index is 0.0543. The first-order valence-electron chi connectivity index (χ1n) is 6.69. The normalized spacial score (nSPS) is 19.4. The quantitative estimate of drug-likeness (QED) is 0.881. The molecule has 3 rings (SSSR count). The average Bonchev–Trinajstić information content (AvgIpc) is 3.03. The summed E-state index contributed by atoms with van der Waals surface area (Å²) in [5, 5.41) is 2.82. The van der Waals surface area contributed by atoms with Crippen LogP contribution < -0.4 is 10.2 Å². The lowest BCUT2D eigenvalue weighted by Gasteiger charge is -2.19. The zero-order chi connectivity index (χ0) is 12.4. The molecule has 0 spiro atoms. The van der Waals surface area contributed by atoms with Gasteiger partial charge in [-0.3, -0.25) is 0 Å². The third-order valence-electron chi connectivity index (χ3n) is 3.73. The Bertz CT molecular complexity index is 423. The molecule has 0 saturated carbocycles. The standard InChI is InChI=1S/C14H19N3O/c18-14-15-7-10-17(14)11-12-3-5-13(6-4-12)16-8-1-2-9-16/h3-6H,1-2,7-11H2,(H,15,18). The second-order valence-corrected chi connectivity index (χ2v) is 5.01. The summed E-state index contributed by atoms with van der Waals surface area (Å²) >= 11 is 0. The zero-order valence-electron chi connectivity index (χ0n) is 10.6. The van der Waals surface area contributed by atoms with Gasteiger partial charge in [-0.25, -0.2) is 4.79 Å². The number of carbonyl (C=O) groups excluding carboxylic acids is 1. The summed E-state index contributed by atoms with van der Waals surface area (Å²) in [6.07, 6.45) is 2.60. The van der Waals surface area contributed by atoms with Crippen molar-refractivity contribution in [1.29, 1.82) is 0 Å². The van der Waals surface area contributed by atoms with E-state index in [0.29, 0.717) is 6.54 Å². The van der Waals surface area contributed by atoms with Crippen molar-refractivity contribution in [3.8, 4) is 0 Å². The molecule has 1 N–H and O–H groups in total. The van der Waals surface area contributed by atoms with Crippen molar-refractivity contribution in [3.63, 3.8) is 0 Å². The van der Waals surface area contributed by atoms with Gasteiger partial charge in [-0.1, -0.05) is 12.1 Å². The molecule has 0 bridgehead atoms. The molecule has 2 amide bonds. The van der Waals surface area contributed by atoms with E-state index in [1.54, 1.807) is 0 Å². The molecule has 18 heavy (non-hydrogen) atoms. The van der Waals surface area contributed by atoms with Crippen LogP contribution in [0.4, 0.5) is 10.5 Å². The van der Waals surface area contributed by atoms with Gasteiger partial charge in [0, 0.05) is 38.4 Å². The number of anilines is 1. The number of urea groups is 1. The van der Waals surface area contributed by atoms with Crippen molar-refractivity contribution in [2.75, 3.05) is 31.1 Å². The molecule has 2 aliphatic heterocycles. The molecule has 2 aliphatic rings. The fourth-order valence-corrected chi connectivity index (χ4v) is 2.67. The van der Waals surface area contributed by atoms with E-state index in [1.807, 2.05) is 4.90 Å². The summed E-state index contributed by atoms with van der Waals surface area (Å²) in [5.41, 5.74) is 2.51. The number of hydrogen-bond donors (Lipinski definition) is 1. The Morgan fingerprint density at radius 2 is 1.78 bits per heavy atom. The van der Waals surface area contributed by atoms with E-state index < -0.39 is 0 Å². The van der Waals surface area contributed by atoms with Gasteiger partial charge < -0.3 is 15.1 Å². The van der Waals surface area contributed by atoms with Crippen LogP contribution in [0.25, 0.3) is 0 Å². The third-order valence-corrected chi connectivity index (χ3v) is 3.73. The highest BCUT2D eigenvalue weighted by Gasteiger charge is 2.19. The Labute approximate surface area is 108 Å². The maximum atomic E-state index is 11.5. The second-order valence-electron chi connectivity index (χ2n) is 5.01. The molecule has 2 fully saturated rings. The Morgan fingerprint density at radius 1 is 1.06 bits per heavy atom. The largest absolute Gasteiger partial charge is 0.372 e. The highest BCUT2D eigenvalue weighted by Crippen LogP contribution is 2.21. The molecule has 4 nitrogen and oxygen atoms in total. The number of benzene rings is 1. The Morgan fingerprint density at radius 3 is 2.39 bits per heavy atom. The maximum absolute atomic E-state index is 11.5. The second kappa shape index (κ2) is 4.88. The zero-order valence-corrected chi connectivity index (χ0v) is 10.6. The molecule has 1 aromatic carbocycles. The predicted octanol–water partition coefficient (Wildman–Crippen LogP) is 1.81. The maximum Gasteiger partial charge on any atom is 0.317 e. The lowest BCUT2D eigenvalue weighted by molar-refractivity contribution is 0.215. The van der Waals surface area contributed by atoms with Crippen molar-refractivity contribution in [2.45, 2.75) is 19.4 Å². The van der Waals surface area contributed by atoms with Crippen LogP contribution in [0.15, 0.2) is 24.3 Å². The van der Waals surface area contributed by atoms with Crippen LogP contribution in [0.1, 0.15) is 18.4 Å². The molecule has 0 radical (unpaired) electrons. The van der Waals surface area contributed by atoms with E-state index in [4.69, 9.17) is 0 Å². The first kappa shape index (κ1) is 11.4. The SMILES string of the molecule is O=C1NCCN1Cc1ccc(N2CCCC2)cc1. The molecule has 4 heteroatoms. The van der Waals surface area contributed by atoms with Crippen LogP contribution in [0.2, 0.25) is 0 Å². The molecule has 96 valence electrons. The summed E-state index contributed by atoms with van der Waals surface area (Å²) in [5.74, 6) is 0. The fraction of sp³-hybridized carbons (Fsp3) is 0.500. The molecule has 0 unspecified atom stereocenters. The van der Waals surface area contributed by atoms with Crippen LogP contribution in [0.5, 0.6) is 0 Å². The number of hydrogen-bond acceptors (Lipinski definition) is 2. The van der Waals surface area contributed by atoms with Crippen molar-refractivity contribution in [3.05, 3.63) is 29.8 Å². The topological polar surface area (TPSA) is 35.6 Å². The highest BCUT2D eigenvalue weighted by atomic mass is 16.2. The molecular formula is C14H19N3O. The van der Waals surface area contributed by atoms with E-state index in [9.17, 15) is 4.79 Å². The minimum Gasteiger partial charge on any atom is -0.372 e. The monoisotopic (exact) mass is 245 g/mol. The van der Waals surface area contributed by atoms with Crippen molar-refractivity contribution in [2.24, 2.45) is 0 Å². The van der Waals surface area contributed by atoms with Gasteiger partial charge in [0.25, 0.3) is 0 Å². The van der Waals surface area contributed by atoms with E-state index in [2.05, 4.69) is 34.5 Å². The summed E-state index contributed by atoms with van der Waals surface area (Å²) in [7, 11) is 0. The van der Waals surface area contributed by atoms with Gasteiger partial charge in [-0.15, -0.1) is 0 Å². The number of nitrogens with zero attached hydrogens (tertiary/aromatic N) is 2. The molecule has 0 atom stereocenters. The summed E-state index contributed by atoms with van der Waals surface area (Å²) in [6, 6.07) is 8.68. The predicted molar refractivity (Wildman–Crippen MR) is 71.7 cm³/mol. The number of carbonyl (C=O) groups is 1. The Balaban J connectivity index is 1.65. The van der Waals surface area contributed by atoms with Gasteiger partial charge >= 0.3 is 6.03 Å². The van der Waals surface area contributed by atoms with Gasteiger partial charge in [0.2, 0.25) is 0 Å². The lowest BCUT2D eigenvalue weighted by Crippen LogP contribution is -2.27. The van der Waals surface area contributed by atoms with Gasteiger partial charge in [-0.05, 0) is 30.5 Å². The summed E-state index contributed by atoms with van der Waals surface area (Å²) in [6.45, 7) is 4.64. The molecule has 0 aliphatic carbocycles. The molecule has 1 aromatic rings. The summed E-state index contributed by atoms with van der Waals surface area (Å²) < 4.78 is 0. The van der Waals surface area contributed by atoms with Crippen molar-refractivity contribution in [1.82, 2.24) is 10.2 Å². The molecule has 2 saturated heterocycles. The molecule has 2 heterocycles. The first-order valence-corrected chi connectivity index (χ1v) is 6.69. The van der Waals surface area contributed by atoms with Gasteiger partial charge in [0.05, 0.1) is 0 Å². The third kappa shape index (κ3) is 2.28. The van der Waals surface area contributed by atoms with Crippen LogP contribution in [-0.2, 0) is 6.54 Å². The Kier molecular flexibility index (Phi) is 3.09. The number of rotatable bonds is 3. The minimum atomic E-state index is 0.0543. The van der Waals surface area contributed by atoms with Crippen LogP contribution >= 0.6 is 0 Å². The van der Waals surface area contributed by atoms with E-state index in [0.717, 1.165) is 13.1 Å².